The van der Waals surface area contributed by atoms with E-state index in [9.17, 15) is 13.2 Å². The zero-order valence-corrected chi connectivity index (χ0v) is 17.1. The molecule has 0 radical (unpaired) electrons. The Hall–Kier alpha value is -2.75. The summed E-state index contributed by atoms with van der Waals surface area (Å²) in [5.41, 5.74) is 0.104. The minimum Gasteiger partial charge on any atom is -0.489 e. The molecule has 154 valence electrons. The normalized spacial score (nSPS) is 11.9. The lowest BCUT2D eigenvalue weighted by atomic mass is 10.0. The van der Waals surface area contributed by atoms with Crippen LogP contribution in [0.3, 0.4) is 0 Å². The molecule has 0 spiro atoms. The standard InChI is InChI=1S/C19H20F3N5OS/c1-10(2)12-6-5-7-23-16(12)25-18-26-17(27-29-18)14-8-13(19(20,21)22)15(9-24-14)28-11(3)4/h5-11H,1-4H3,(H,23,25,26,27). The van der Waals surface area contributed by atoms with Crippen molar-refractivity contribution in [2.45, 2.75) is 45.9 Å². The molecule has 3 heterocycles. The van der Waals surface area contributed by atoms with Gasteiger partial charge in [0.15, 0.2) is 5.82 Å². The largest absolute Gasteiger partial charge is 0.489 e. The summed E-state index contributed by atoms with van der Waals surface area (Å²) in [6.07, 6.45) is -2.28. The summed E-state index contributed by atoms with van der Waals surface area (Å²) in [4.78, 5) is 12.6. The monoisotopic (exact) mass is 423 g/mol. The predicted molar refractivity (Wildman–Crippen MR) is 106 cm³/mol. The highest BCUT2D eigenvalue weighted by Gasteiger charge is 2.35. The third kappa shape index (κ3) is 5.00. The van der Waals surface area contributed by atoms with Crippen molar-refractivity contribution in [3.8, 4) is 17.3 Å². The first-order chi connectivity index (χ1) is 13.6. The van der Waals surface area contributed by atoms with E-state index in [2.05, 4.69) is 24.6 Å². The van der Waals surface area contributed by atoms with Crippen molar-refractivity contribution in [3.63, 3.8) is 0 Å². The van der Waals surface area contributed by atoms with E-state index in [1.165, 1.54) is 0 Å². The maximum absolute atomic E-state index is 13.4. The van der Waals surface area contributed by atoms with E-state index in [4.69, 9.17) is 4.74 Å². The molecule has 0 atom stereocenters. The first kappa shape index (κ1) is 21.0. The van der Waals surface area contributed by atoms with Crippen LogP contribution in [0.15, 0.2) is 30.6 Å². The number of aromatic nitrogens is 4. The topological polar surface area (TPSA) is 72.8 Å². The fourth-order valence-electron chi connectivity index (χ4n) is 2.60. The van der Waals surface area contributed by atoms with Gasteiger partial charge in [0.25, 0.3) is 0 Å². The van der Waals surface area contributed by atoms with Crippen molar-refractivity contribution in [3.05, 3.63) is 41.7 Å². The smallest absolute Gasteiger partial charge is 0.420 e. The summed E-state index contributed by atoms with van der Waals surface area (Å²) in [6, 6.07) is 4.70. The van der Waals surface area contributed by atoms with E-state index < -0.39 is 17.8 Å². The molecular weight excluding hydrogens is 403 g/mol. The number of nitrogens with one attached hydrogen (secondary N) is 1. The second-order valence-corrected chi connectivity index (χ2v) is 7.63. The molecule has 0 saturated carbocycles. The molecule has 3 aromatic rings. The maximum Gasteiger partial charge on any atom is 0.420 e. The highest BCUT2D eigenvalue weighted by molar-refractivity contribution is 7.09. The van der Waals surface area contributed by atoms with Gasteiger partial charge in [-0.2, -0.15) is 22.5 Å². The maximum atomic E-state index is 13.4. The number of alkyl halides is 3. The van der Waals surface area contributed by atoms with Crippen LogP contribution in [0.25, 0.3) is 11.5 Å². The molecule has 1 N–H and O–H groups in total. The number of rotatable bonds is 6. The highest BCUT2D eigenvalue weighted by atomic mass is 32.1. The minimum atomic E-state index is -4.58. The van der Waals surface area contributed by atoms with Crippen molar-refractivity contribution < 1.29 is 17.9 Å². The summed E-state index contributed by atoms with van der Waals surface area (Å²) in [5, 5.41) is 3.50. The minimum absolute atomic E-state index is 0.0165. The number of halogens is 3. The van der Waals surface area contributed by atoms with Crippen molar-refractivity contribution in [2.75, 3.05) is 5.32 Å². The van der Waals surface area contributed by atoms with Crippen LogP contribution < -0.4 is 10.1 Å². The molecular formula is C19H20F3N5OS. The van der Waals surface area contributed by atoms with E-state index in [-0.39, 0.29) is 23.2 Å². The fourth-order valence-corrected chi connectivity index (χ4v) is 3.18. The lowest BCUT2D eigenvalue weighted by molar-refractivity contribution is -0.139. The molecule has 6 nitrogen and oxygen atoms in total. The summed E-state index contributed by atoms with van der Waals surface area (Å²) >= 11 is 1.02. The number of anilines is 2. The molecule has 10 heteroatoms. The lowest BCUT2D eigenvalue weighted by Crippen LogP contribution is -2.13. The second kappa shape index (κ2) is 8.32. The summed E-state index contributed by atoms with van der Waals surface area (Å²) in [5.74, 6) is 0.652. The van der Waals surface area contributed by atoms with Crippen LogP contribution in [0.5, 0.6) is 5.75 Å². The van der Waals surface area contributed by atoms with Crippen LogP contribution in [-0.4, -0.2) is 25.4 Å². The van der Waals surface area contributed by atoms with Gasteiger partial charge in [0.2, 0.25) is 5.13 Å². The molecule has 0 saturated heterocycles. The molecule has 3 rings (SSSR count). The van der Waals surface area contributed by atoms with Crippen LogP contribution in [0.4, 0.5) is 24.1 Å². The van der Waals surface area contributed by atoms with Gasteiger partial charge in [-0.1, -0.05) is 19.9 Å². The van der Waals surface area contributed by atoms with Gasteiger partial charge in [-0.15, -0.1) is 0 Å². The number of pyridine rings is 2. The number of hydrogen-bond acceptors (Lipinski definition) is 7. The second-order valence-electron chi connectivity index (χ2n) is 6.87. The molecule has 0 aliphatic rings. The van der Waals surface area contributed by atoms with E-state index in [0.717, 1.165) is 29.4 Å². The third-order valence-electron chi connectivity index (χ3n) is 3.88. The molecule has 3 aromatic heterocycles. The van der Waals surface area contributed by atoms with Gasteiger partial charge in [-0.25, -0.2) is 9.97 Å². The summed E-state index contributed by atoms with van der Waals surface area (Å²) in [6.45, 7) is 7.38. The average molecular weight is 423 g/mol. The lowest BCUT2D eigenvalue weighted by Gasteiger charge is -2.16. The van der Waals surface area contributed by atoms with Gasteiger partial charge in [0.1, 0.15) is 22.8 Å². The zero-order valence-electron chi connectivity index (χ0n) is 16.3. The fraction of sp³-hybridized carbons (Fsp3) is 0.368. The van der Waals surface area contributed by atoms with E-state index in [1.807, 2.05) is 26.0 Å². The van der Waals surface area contributed by atoms with Crippen molar-refractivity contribution in [1.29, 1.82) is 0 Å². The van der Waals surface area contributed by atoms with Crippen molar-refractivity contribution in [1.82, 2.24) is 19.3 Å². The molecule has 0 fully saturated rings. The van der Waals surface area contributed by atoms with Gasteiger partial charge in [-0.3, -0.25) is 0 Å². The Morgan fingerprint density at radius 2 is 1.90 bits per heavy atom. The van der Waals surface area contributed by atoms with E-state index >= 15 is 0 Å². The Morgan fingerprint density at radius 3 is 2.55 bits per heavy atom. The number of ether oxygens (including phenoxy) is 1. The quantitative estimate of drug-likeness (QED) is 0.551. The summed E-state index contributed by atoms with van der Waals surface area (Å²) in [7, 11) is 0. The molecule has 0 aliphatic carbocycles. The Kier molecular flexibility index (Phi) is 6.02. The van der Waals surface area contributed by atoms with Gasteiger partial charge < -0.3 is 10.1 Å². The molecule has 0 unspecified atom stereocenters. The first-order valence-electron chi connectivity index (χ1n) is 8.95. The van der Waals surface area contributed by atoms with Gasteiger partial charge >= 0.3 is 6.18 Å². The molecule has 0 aliphatic heterocycles. The highest BCUT2D eigenvalue weighted by Crippen LogP contribution is 2.38. The Bertz CT molecular complexity index is 988. The van der Waals surface area contributed by atoms with Crippen molar-refractivity contribution in [2.24, 2.45) is 0 Å². The van der Waals surface area contributed by atoms with Gasteiger partial charge in [-0.05, 0) is 37.5 Å². The van der Waals surface area contributed by atoms with Gasteiger partial charge in [0, 0.05) is 17.7 Å². The Labute approximate surface area is 170 Å². The Morgan fingerprint density at radius 1 is 1.14 bits per heavy atom. The van der Waals surface area contributed by atoms with Gasteiger partial charge in [0.05, 0.1) is 12.3 Å². The van der Waals surface area contributed by atoms with Crippen LogP contribution in [0, 0.1) is 0 Å². The number of hydrogen-bond donors (Lipinski definition) is 1. The first-order valence-corrected chi connectivity index (χ1v) is 9.72. The zero-order chi connectivity index (χ0) is 21.2. The SMILES string of the molecule is CC(C)Oc1cnc(-c2nsc(Nc3ncccc3C(C)C)n2)cc1C(F)(F)F. The van der Waals surface area contributed by atoms with Crippen molar-refractivity contribution >= 4 is 22.5 Å². The number of nitrogens with zero attached hydrogens (tertiary/aromatic N) is 4. The average Bonchev–Trinajstić information content (AvgIpc) is 3.09. The summed E-state index contributed by atoms with van der Waals surface area (Å²) < 4.78 is 49.7. The van der Waals surface area contributed by atoms with E-state index in [0.29, 0.717) is 10.9 Å². The van der Waals surface area contributed by atoms with Crippen LogP contribution in [0.2, 0.25) is 0 Å². The molecule has 29 heavy (non-hydrogen) atoms. The van der Waals surface area contributed by atoms with Crippen LogP contribution in [0.1, 0.15) is 44.7 Å². The molecule has 0 bridgehead atoms. The van der Waals surface area contributed by atoms with Crippen LogP contribution >= 0.6 is 11.5 Å². The Balaban J connectivity index is 1.91. The predicted octanol–water partition coefficient (Wildman–Crippen LogP) is 5.67. The molecule has 0 amide bonds. The third-order valence-corrected chi connectivity index (χ3v) is 4.51. The van der Waals surface area contributed by atoms with E-state index in [1.54, 1.807) is 20.0 Å². The molecule has 0 aromatic carbocycles. The van der Waals surface area contributed by atoms with Crippen LogP contribution in [-0.2, 0) is 6.18 Å².